The van der Waals surface area contributed by atoms with Crippen molar-refractivity contribution in [2.45, 2.75) is 6.92 Å². The van der Waals surface area contributed by atoms with Gasteiger partial charge in [0, 0.05) is 18.7 Å². The second-order valence-corrected chi connectivity index (χ2v) is 4.57. The summed E-state index contributed by atoms with van der Waals surface area (Å²) < 4.78 is 10.6. The lowest BCUT2D eigenvalue weighted by molar-refractivity contribution is 0.102. The Balaban J connectivity index is 1.88. The monoisotopic (exact) mass is 282 g/mol. The lowest BCUT2D eigenvalue weighted by Crippen LogP contribution is -2.12. The Morgan fingerprint density at radius 3 is 2.86 bits per heavy atom. The zero-order valence-electron chi connectivity index (χ0n) is 11.7. The zero-order chi connectivity index (χ0) is 14.8. The van der Waals surface area contributed by atoms with Crippen molar-refractivity contribution in [3.63, 3.8) is 0 Å². The van der Waals surface area contributed by atoms with Gasteiger partial charge in [0.2, 0.25) is 0 Å². The number of nitrogens with one attached hydrogen (secondary N) is 1. The summed E-state index contributed by atoms with van der Waals surface area (Å²) >= 11 is 0. The number of nitrogens with zero attached hydrogens (tertiary/aromatic N) is 1. The number of carbonyl (C=O) groups is 1. The van der Waals surface area contributed by atoms with Crippen molar-refractivity contribution in [2.75, 3.05) is 12.4 Å². The topological polar surface area (TPSA) is 64.4 Å². The molecule has 5 nitrogen and oxygen atoms in total. The minimum atomic E-state index is -0.233. The van der Waals surface area contributed by atoms with Gasteiger partial charge in [-0.2, -0.15) is 0 Å². The van der Waals surface area contributed by atoms with Crippen molar-refractivity contribution in [1.29, 1.82) is 0 Å². The molecule has 1 amide bonds. The fourth-order valence-corrected chi connectivity index (χ4v) is 2.15. The Kier molecular flexibility index (Phi) is 3.31. The van der Waals surface area contributed by atoms with E-state index in [4.69, 9.17) is 9.15 Å². The highest BCUT2D eigenvalue weighted by Gasteiger charge is 2.12. The SMILES string of the molecule is COc1ccccc1C(=O)Nc1ccc2nc(C)oc2c1. The Hall–Kier alpha value is -2.82. The van der Waals surface area contributed by atoms with Gasteiger partial charge in [-0.25, -0.2) is 4.98 Å². The van der Waals surface area contributed by atoms with E-state index in [1.807, 2.05) is 12.1 Å². The van der Waals surface area contributed by atoms with Crippen LogP contribution in [-0.4, -0.2) is 18.0 Å². The summed E-state index contributed by atoms with van der Waals surface area (Å²) in [6.07, 6.45) is 0. The molecule has 1 heterocycles. The van der Waals surface area contributed by atoms with Crippen LogP contribution >= 0.6 is 0 Å². The summed E-state index contributed by atoms with van der Waals surface area (Å²) in [6, 6.07) is 12.4. The molecule has 0 fully saturated rings. The van der Waals surface area contributed by atoms with Gasteiger partial charge in [-0.1, -0.05) is 12.1 Å². The van der Waals surface area contributed by atoms with Crippen molar-refractivity contribution < 1.29 is 13.9 Å². The first-order chi connectivity index (χ1) is 10.2. The second kappa shape index (κ2) is 5.28. The number of fused-ring (bicyclic) bond motifs is 1. The highest BCUT2D eigenvalue weighted by atomic mass is 16.5. The van der Waals surface area contributed by atoms with E-state index >= 15 is 0 Å². The number of methoxy groups -OCH3 is 1. The molecule has 0 saturated heterocycles. The standard InChI is InChI=1S/C16H14N2O3/c1-10-17-13-8-7-11(9-15(13)21-10)18-16(19)12-5-3-4-6-14(12)20-2/h3-9H,1-2H3,(H,18,19). The molecule has 0 spiro atoms. The number of oxazole rings is 1. The Morgan fingerprint density at radius 2 is 2.05 bits per heavy atom. The van der Waals surface area contributed by atoms with Crippen molar-refractivity contribution >= 4 is 22.7 Å². The fraction of sp³-hybridized carbons (Fsp3) is 0.125. The molecular weight excluding hydrogens is 268 g/mol. The summed E-state index contributed by atoms with van der Waals surface area (Å²) in [5, 5.41) is 2.83. The maximum Gasteiger partial charge on any atom is 0.259 e. The van der Waals surface area contributed by atoms with Crippen LogP contribution in [0.25, 0.3) is 11.1 Å². The van der Waals surface area contributed by atoms with Crippen molar-refractivity contribution in [2.24, 2.45) is 0 Å². The third-order valence-electron chi connectivity index (χ3n) is 3.10. The predicted molar refractivity (Wildman–Crippen MR) is 79.7 cm³/mol. The third-order valence-corrected chi connectivity index (χ3v) is 3.10. The molecule has 0 atom stereocenters. The van der Waals surface area contributed by atoms with E-state index in [1.54, 1.807) is 37.3 Å². The van der Waals surface area contributed by atoms with E-state index in [2.05, 4.69) is 10.3 Å². The summed E-state index contributed by atoms with van der Waals surface area (Å²) in [5.41, 5.74) is 2.54. The van der Waals surface area contributed by atoms with Crippen LogP contribution in [0, 0.1) is 6.92 Å². The number of hydrogen-bond acceptors (Lipinski definition) is 4. The van der Waals surface area contributed by atoms with Gasteiger partial charge in [0.25, 0.3) is 5.91 Å². The molecule has 0 saturated carbocycles. The number of carbonyl (C=O) groups excluding carboxylic acids is 1. The molecule has 0 bridgehead atoms. The van der Waals surface area contributed by atoms with Gasteiger partial charge in [0.05, 0.1) is 12.7 Å². The largest absolute Gasteiger partial charge is 0.496 e. The summed E-state index contributed by atoms with van der Waals surface area (Å²) in [4.78, 5) is 16.5. The van der Waals surface area contributed by atoms with Crippen molar-refractivity contribution in [3.05, 3.63) is 53.9 Å². The molecule has 5 heteroatoms. The molecule has 1 aromatic heterocycles. The Labute approximate surface area is 121 Å². The van der Waals surface area contributed by atoms with Crippen LogP contribution in [0.2, 0.25) is 0 Å². The Bertz CT molecular complexity index is 808. The molecule has 2 aromatic carbocycles. The van der Waals surface area contributed by atoms with Gasteiger partial charge in [-0.15, -0.1) is 0 Å². The minimum absolute atomic E-state index is 0.233. The number of ether oxygens (including phenoxy) is 1. The molecule has 106 valence electrons. The van der Waals surface area contributed by atoms with Crippen LogP contribution in [0.4, 0.5) is 5.69 Å². The summed E-state index contributed by atoms with van der Waals surface area (Å²) in [7, 11) is 1.54. The number of rotatable bonds is 3. The van der Waals surface area contributed by atoms with Crippen LogP contribution in [-0.2, 0) is 0 Å². The van der Waals surface area contributed by atoms with Gasteiger partial charge >= 0.3 is 0 Å². The summed E-state index contributed by atoms with van der Waals surface area (Å²) in [6.45, 7) is 1.78. The van der Waals surface area contributed by atoms with Crippen LogP contribution in [0.3, 0.4) is 0 Å². The van der Waals surface area contributed by atoms with E-state index in [0.29, 0.717) is 28.5 Å². The van der Waals surface area contributed by atoms with E-state index in [9.17, 15) is 4.79 Å². The maximum absolute atomic E-state index is 12.3. The molecule has 0 aliphatic rings. The lowest BCUT2D eigenvalue weighted by Gasteiger charge is -2.08. The second-order valence-electron chi connectivity index (χ2n) is 4.57. The van der Waals surface area contributed by atoms with Crippen LogP contribution < -0.4 is 10.1 Å². The first-order valence-electron chi connectivity index (χ1n) is 6.49. The van der Waals surface area contributed by atoms with Gasteiger partial charge in [0.15, 0.2) is 11.5 Å². The van der Waals surface area contributed by atoms with Crippen LogP contribution in [0.15, 0.2) is 46.9 Å². The van der Waals surface area contributed by atoms with Gasteiger partial charge < -0.3 is 14.5 Å². The molecule has 1 N–H and O–H groups in total. The quantitative estimate of drug-likeness (QED) is 0.799. The number of benzene rings is 2. The van der Waals surface area contributed by atoms with Crippen LogP contribution in [0.5, 0.6) is 5.75 Å². The highest BCUT2D eigenvalue weighted by molar-refractivity contribution is 6.06. The molecule has 3 aromatic rings. The number of aryl methyl sites for hydroxylation is 1. The average Bonchev–Trinajstić information content (AvgIpc) is 2.86. The molecule has 0 aliphatic carbocycles. The van der Waals surface area contributed by atoms with Gasteiger partial charge in [-0.05, 0) is 24.3 Å². The number of anilines is 1. The third kappa shape index (κ3) is 2.58. The molecule has 0 radical (unpaired) electrons. The average molecular weight is 282 g/mol. The fourth-order valence-electron chi connectivity index (χ4n) is 2.15. The van der Waals surface area contributed by atoms with Crippen molar-refractivity contribution in [1.82, 2.24) is 4.98 Å². The molecule has 0 aliphatic heterocycles. The lowest BCUT2D eigenvalue weighted by atomic mass is 10.2. The highest BCUT2D eigenvalue weighted by Crippen LogP contribution is 2.22. The predicted octanol–water partition coefficient (Wildman–Crippen LogP) is 3.40. The maximum atomic E-state index is 12.3. The molecule has 3 rings (SSSR count). The van der Waals surface area contributed by atoms with Gasteiger partial charge in [-0.3, -0.25) is 4.79 Å². The first-order valence-corrected chi connectivity index (χ1v) is 6.49. The number of amides is 1. The first kappa shape index (κ1) is 13.2. The minimum Gasteiger partial charge on any atom is -0.496 e. The molecular formula is C16H14N2O3. The number of aromatic nitrogens is 1. The van der Waals surface area contributed by atoms with E-state index in [-0.39, 0.29) is 5.91 Å². The Morgan fingerprint density at radius 1 is 1.24 bits per heavy atom. The smallest absolute Gasteiger partial charge is 0.259 e. The normalized spacial score (nSPS) is 10.6. The van der Waals surface area contributed by atoms with Crippen LogP contribution in [0.1, 0.15) is 16.2 Å². The van der Waals surface area contributed by atoms with Crippen molar-refractivity contribution in [3.8, 4) is 5.75 Å². The van der Waals surface area contributed by atoms with E-state index in [1.165, 1.54) is 7.11 Å². The van der Waals surface area contributed by atoms with E-state index < -0.39 is 0 Å². The van der Waals surface area contributed by atoms with Gasteiger partial charge in [0.1, 0.15) is 11.3 Å². The number of para-hydroxylation sites is 1. The van der Waals surface area contributed by atoms with E-state index in [0.717, 1.165) is 5.52 Å². The zero-order valence-corrected chi connectivity index (χ0v) is 11.7. The number of hydrogen-bond donors (Lipinski definition) is 1. The molecule has 0 unspecified atom stereocenters. The molecule has 21 heavy (non-hydrogen) atoms. The summed E-state index contributed by atoms with van der Waals surface area (Å²) in [5.74, 6) is 0.896.